The van der Waals surface area contributed by atoms with E-state index in [9.17, 15) is 18.7 Å². The molecule has 0 aliphatic heterocycles. The Morgan fingerprint density at radius 3 is 1.88 bits per heavy atom. The number of aliphatic hydroxyl groups excluding tert-OH is 1. The van der Waals surface area contributed by atoms with E-state index >= 15 is 0 Å². The van der Waals surface area contributed by atoms with Crippen LogP contribution >= 0.6 is 15.6 Å². The molecule has 0 aromatic heterocycles. The SMILES string of the molecule is NCCCCC(N)C(=O)O.O=C(O)C(CO)OP(=O)(O)OP(=O)(O)O. The lowest BCUT2D eigenvalue weighted by atomic mass is 10.1. The van der Waals surface area contributed by atoms with E-state index in [-0.39, 0.29) is 0 Å². The average molecular weight is 412 g/mol. The maximum absolute atomic E-state index is 10.7. The van der Waals surface area contributed by atoms with Gasteiger partial charge in [-0.2, -0.15) is 4.31 Å². The Morgan fingerprint density at radius 2 is 1.56 bits per heavy atom. The monoisotopic (exact) mass is 412 g/mol. The second kappa shape index (κ2) is 12.4. The zero-order valence-corrected chi connectivity index (χ0v) is 14.7. The van der Waals surface area contributed by atoms with Gasteiger partial charge in [0.2, 0.25) is 0 Å². The molecule has 0 radical (unpaired) electrons. The molecule has 3 atom stereocenters. The Hall–Kier alpha value is -0.920. The molecule has 150 valence electrons. The summed E-state index contributed by atoms with van der Waals surface area (Å²) in [5, 5.41) is 25.0. The van der Waals surface area contributed by atoms with Gasteiger partial charge < -0.3 is 41.5 Å². The van der Waals surface area contributed by atoms with Gasteiger partial charge in [-0.15, -0.1) is 0 Å². The lowest BCUT2D eigenvalue weighted by molar-refractivity contribution is -0.147. The van der Waals surface area contributed by atoms with Crippen molar-refractivity contribution in [1.29, 1.82) is 0 Å². The summed E-state index contributed by atoms with van der Waals surface area (Å²) in [7, 11) is -10.5. The number of phosphoric ester groups is 1. The van der Waals surface area contributed by atoms with Crippen molar-refractivity contribution in [2.75, 3.05) is 13.2 Å². The molecule has 0 aromatic rings. The number of nitrogens with two attached hydrogens (primary N) is 2. The molecule has 0 saturated heterocycles. The van der Waals surface area contributed by atoms with Gasteiger partial charge in [0.25, 0.3) is 0 Å². The van der Waals surface area contributed by atoms with Crippen molar-refractivity contribution in [3.8, 4) is 0 Å². The molecule has 0 amide bonds. The van der Waals surface area contributed by atoms with Crippen LogP contribution in [0.3, 0.4) is 0 Å². The third kappa shape index (κ3) is 16.3. The molecule has 10 N–H and O–H groups in total. The van der Waals surface area contributed by atoms with Crippen molar-refractivity contribution in [2.45, 2.75) is 31.4 Å². The third-order valence-electron chi connectivity index (χ3n) is 2.20. The first-order chi connectivity index (χ1) is 11.3. The summed E-state index contributed by atoms with van der Waals surface area (Å²) in [5.41, 5.74) is 10.4. The number of aliphatic carboxylic acids is 2. The van der Waals surface area contributed by atoms with Crippen molar-refractivity contribution in [3.63, 3.8) is 0 Å². The number of rotatable bonds is 11. The molecule has 3 unspecified atom stereocenters. The van der Waals surface area contributed by atoms with E-state index in [0.29, 0.717) is 13.0 Å². The van der Waals surface area contributed by atoms with Crippen molar-refractivity contribution in [1.82, 2.24) is 0 Å². The largest absolute Gasteiger partial charge is 0.482 e. The Bertz CT molecular complexity index is 509. The van der Waals surface area contributed by atoms with Gasteiger partial charge in [-0.1, -0.05) is 6.42 Å². The fourth-order valence-electron chi connectivity index (χ4n) is 1.10. The smallest absolute Gasteiger partial charge is 0.480 e. The molecule has 0 aliphatic rings. The first-order valence-electron chi connectivity index (χ1n) is 6.56. The van der Waals surface area contributed by atoms with Crippen LogP contribution < -0.4 is 11.5 Å². The summed E-state index contributed by atoms with van der Waals surface area (Å²) in [6.45, 7) is -0.559. The maximum atomic E-state index is 10.7. The van der Waals surface area contributed by atoms with Crippen molar-refractivity contribution in [3.05, 3.63) is 0 Å². The van der Waals surface area contributed by atoms with Crippen molar-refractivity contribution < 1.29 is 57.6 Å². The van der Waals surface area contributed by atoms with Crippen molar-refractivity contribution >= 4 is 27.6 Å². The number of aliphatic hydroxyl groups is 1. The average Bonchev–Trinajstić information content (AvgIpc) is 2.42. The van der Waals surface area contributed by atoms with Crippen molar-refractivity contribution in [2.24, 2.45) is 11.5 Å². The first kappa shape index (κ1) is 26.3. The van der Waals surface area contributed by atoms with Crippen LogP contribution in [0.5, 0.6) is 0 Å². The minimum atomic E-state index is -5.30. The van der Waals surface area contributed by atoms with Crippen LogP contribution in [-0.4, -0.2) is 67.2 Å². The van der Waals surface area contributed by atoms with Gasteiger partial charge in [-0.05, 0) is 19.4 Å². The van der Waals surface area contributed by atoms with Gasteiger partial charge >= 0.3 is 27.6 Å². The van der Waals surface area contributed by atoms with E-state index < -0.39 is 46.3 Å². The second-order valence-corrected chi connectivity index (χ2v) is 7.17. The molecule has 0 aliphatic carbocycles. The third-order valence-corrected chi connectivity index (χ3v) is 4.39. The van der Waals surface area contributed by atoms with E-state index in [1.54, 1.807) is 0 Å². The number of hydrogen-bond acceptors (Lipinski definition) is 9. The molecule has 0 spiro atoms. The fraction of sp³-hybridized carbons (Fsp3) is 0.778. The topological polar surface area (TPSA) is 260 Å². The number of carboxylic acid groups (broad SMARTS) is 2. The predicted octanol–water partition coefficient (Wildman–Crippen LogP) is -1.81. The Morgan fingerprint density at radius 1 is 1.04 bits per heavy atom. The molecule has 14 nitrogen and oxygen atoms in total. The van der Waals surface area contributed by atoms with Gasteiger partial charge in [0, 0.05) is 0 Å². The molecule has 0 saturated carbocycles. The molecule has 0 heterocycles. The van der Waals surface area contributed by atoms with Gasteiger partial charge in [-0.3, -0.25) is 9.32 Å². The summed E-state index contributed by atoms with van der Waals surface area (Å²) >= 11 is 0. The van der Waals surface area contributed by atoms with E-state index in [4.69, 9.17) is 41.5 Å². The maximum Gasteiger partial charge on any atom is 0.482 e. The summed E-state index contributed by atoms with van der Waals surface area (Å²) in [5.74, 6) is -2.72. The van der Waals surface area contributed by atoms with Gasteiger partial charge in [0.15, 0.2) is 6.10 Å². The van der Waals surface area contributed by atoms with Gasteiger partial charge in [0.05, 0.1) is 6.61 Å². The van der Waals surface area contributed by atoms with Crippen LogP contribution in [0, 0.1) is 0 Å². The molecule has 25 heavy (non-hydrogen) atoms. The lowest BCUT2D eigenvalue weighted by Crippen LogP contribution is -2.29. The number of carbonyl (C=O) groups is 2. The highest BCUT2D eigenvalue weighted by Gasteiger charge is 2.37. The lowest BCUT2D eigenvalue weighted by Gasteiger charge is -2.15. The summed E-state index contributed by atoms with van der Waals surface area (Å²) in [4.78, 5) is 45.3. The molecule has 0 bridgehead atoms. The van der Waals surface area contributed by atoms with Crippen LogP contribution in [-0.2, 0) is 27.6 Å². The number of hydrogen-bond donors (Lipinski definition) is 8. The van der Waals surface area contributed by atoms with Gasteiger partial charge in [0.1, 0.15) is 6.04 Å². The van der Waals surface area contributed by atoms with Crippen LogP contribution in [0.15, 0.2) is 0 Å². The van der Waals surface area contributed by atoms with Crippen LogP contribution in [0.25, 0.3) is 0 Å². The second-order valence-electron chi connectivity index (χ2n) is 4.38. The number of phosphoric acid groups is 2. The zero-order chi connectivity index (χ0) is 20.3. The molecular weight excluding hydrogens is 390 g/mol. The normalized spacial score (nSPS) is 16.1. The fourth-order valence-corrected chi connectivity index (χ4v) is 2.81. The Balaban J connectivity index is 0. The highest BCUT2D eigenvalue weighted by atomic mass is 31.3. The number of unbranched alkanes of at least 4 members (excludes halogenated alkanes) is 1. The quantitative estimate of drug-likeness (QED) is 0.137. The summed E-state index contributed by atoms with van der Waals surface area (Å²) < 4.78 is 27.9. The molecule has 0 rings (SSSR count). The first-order valence-corrected chi connectivity index (χ1v) is 9.58. The minimum Gasteiger partial charge on any atom is -0.480 e. The Kier molecular flexibility index (Phi) is 13.1. The minimum absolute atomic E-state index is 0.520. The standard InChI is InChI=1S/C6H14N2O2.C3H8O10P2/c7-4-2-1-3-5(8)6(9)10;4-1-2(3(5)6)12-15(10,11)13-14(7,8)9/h5H,1-4,7-8H2,(H,9,10);2,4H,1H2,(H,5,6)(H,10,11)(H2,7,8,9). The van der Waals surface area contributed by atoms with E-state index in [0.717, 1.165) is 12.8 Å². The number of carboxylic acids is 2. The van der Waals surface area contributed by atoms with Gasteiger partial charge in [-0.25, -0.2) is 13.9 Å². The van der Waals surface area contributed by atoms with Crippen LogP contribution in [0.1, 0.15) is 19.3 Å². The van der Waals surface area contributed by atoms with E-state index in [2.05, 4.69) is 8.83 Å². The van der Waals surface area contributed by atoms with Crippen LogP contribution in [0.4, 0.5) is 0 Å². The molecule has 16 heteroatoms. The molecule has 0 aromatic carbocycles. The predicted molar refractivity (Wildman–Crippen MR) is 81.1 cm³/mol. The highest BCUT2D eigenvalue weighted by molar-refractivity contribution is 7.60. The molecule has 0 fully saturated rings. The van der Waals surface area contributed by atoms with E-state index in [1.807, 2.05) is 0 Å². The van der Waals surface area contributed by atoms with E-state index in [1.165, 1.54) is 0 Å². The molecular formula is C9H22N2O12P2. The highest BCUT2D eigenvalue weighted by Crippen LogP contribution is 2.58. The van der Waals surface area contributed by atoms with Crippen LogP contribution in [0.2, 0.25) is 0 Å². The summed E-state index contributed by atoms with van der Waals surface area (Å²) in [6.07, 6.45) is 0.0460. The zero-order valence-electron chi connectivity index (χ0n) is 12.9. The Labute approximate surface area is 142 Å². The summed E-state index contributed by atoms with van der Waals surface area (Å²) in [6, 6.07) is -0.716.